The smallest absolute Gasteiger partial charge is 0.239 e. The first kappa shape index (κ1) is 13.5. The number of rotatable bonds is 6. The Balaban J connectivity index is 1.61. The molecule has 1 aliphatic heterocycles. The second kappa shape index (κ2) is 5.87. The third kappa shape index (κ3) is 3.33. The van der Waals surface area contributed by atoms with E-state index in [4.69, 9.17) is 15.2 Å². The molecule has 0 amide bonds. The summed E-state index contributed by atoms with van der Waals surface area (Å²) in [6.45, 7) is 3.71. The van der Waals surface area contributed by atoms with Gasteiger partial charge in [-0.25, -0.2) is 0 Å². The van der Waals surface area contributed by atoms with Gasteiger partial charge in [-0.05, 0) is 50.7 Å². The van der Waals surface area contributed by atoms with Crippen LogP contribution in [0.5, 0.6) is 5.88 Å². The molecule has 5 nitrogen and oxygen atoms in total. The lowest BCUT2D eigenvalue weighted by Crippen LogP contribution is -2.30. The van der Waals surface area contributed by atoms with Crippen LogP contribution >= 0.6 is 0 Å². The first-order valence-corrected chi connectivity index (χ1v) is 7.50. The van der Waals surface area contributed by atoms with Crippen molar-refractivity contribution in [1.82, 2.24) is 4.98 Å². The third-order valence-corrected chi connectivity index (χ3v) is 3.94. The first-order valence-electron chi connectivity index (χ1n) is 7.50. The minimum Gasteiger partial charge on any atom is -0.476 e. The largest absolute Gasteiger partial charge is 0.476 e. The summed E-state index contributed by atoms with van der Waals surface area (Å²) in [4.78, 5) is 4.47. The van der Waals surface area contributed by atoms with Crippen molar-refractivity contribution in [2.75, 3.05) is 24.3 Å². The van der Waals surface area contributed by atoms with Crippen molar-refractivity contribution in [3.63, 3.8) is 0 Å². The fraction of sp³-hybridized carbons (Fsp3) is 0.667. The minimum atomic E-state index is 0.241. The van der Waals surface area contributed by atoms with E-state index in [1.54, 1.807) is 0 Å². The fourth-order valence-corrected chi connectivity index (χ4v) is 2.45. The molecule has 1 aromatic rings. The van der Waals surface area contributed by atoms with Crippen molar-refractivity contribution in [3.05, 3.63) is 12.1 Å². The zero-order valence-corrected chi connectivity index (χ0v) is 12.0. The maximum Gasteiger partial charge on any atom is 0.239 e. The monoisotopic (exact) mass is 277 g/mol. The predicted octanol–water partition coefficient (Wildman–Crippen LogP) is 2.43. The van der Waals surface area contributed by atoms with E-state index < -0.39 is 0 Å². The van der Waals surface area contributed by atoms with Crippen LogP contribution in [0.2, 0.25) is 0 Å². The van der Waals surface area contributed by atoms with Crippen LogP contribution in [0, 0.1) is 5.92 Å². The van der Waals surface area contributed by atoms with Gasteiger partial charge in [-0.1, -0.05) is 0 Å². The van der Waals surface area contributed by atoms with Crippen LogP contribution in [0.1, 0.15) is 32.6 Å². The summed E-state index contributed by atoms with van der Waals surface area (Å²) in [5.41, 5.74) is 6.51. The molecule has 1 aliphatic carbocycles. The van der Waals surface area contributed by atoms with Gasteiger partial charge >= 0.3 is 0 Å². The Kier molecular flexibility index (Phi) is 3.96. The maximum absolute atomic E-state index is 5.91. The lowest BCUT2D eigenvalue weighted by molar-refractivity contribution is 0.0995. The van der Waals surface area contributed by atoms with Gasteiger partial charge in [0.1, 0.15) is 5.82 Å². The highest BCUT2D eigenvalue weighted by Crippen LogP contribution is 2.31. The normalized spacial score (nSPS) is 23.6. The summed E-state index contributed by atoms with van der Waals surface area (Å²) in [7, 11) is 0. The highest BCUT2D eigenvalue weighted by molar-refractivity contribution is 5.53. The number of anilines is 2. The summed E-state index contributed by atoms with van der Waals surface area (Å²) < 4.78 is 11.4. The molecule has 3 rings (SSSR count). The molecule has 110 valence electrons. The number of ether oxygens (including phenoxy) is 2. The molecule has 1 saturated carbocycles. The van der Waals surface area contributed by atoms with Gasteiger partial charge in [0, 0.05) is 6.61 Å². The molecule has 0 spiro atoms. The van der Waals surface area contributed by atoms with E-state index in [-0.39, 0.29) is 12.1 Å². The van der Waals surface area contributed by atoms with Crippen molar-refractivity contribution < 1.29 is 9.47 Å². The molecular weight excluding hydrogens is 254 g/mol. The third-order valence-electron chi connectivity index (χ3n) is 3.94. The average Bonchev–Trinajstić information content (AvgIpc) is 3.10. The number of aromatic nitrogens is 1. The van der Waals surface area contributed by atoms with E-state index in [1.165, 1.54) is 12.8 Å². The molecule has 2 heterocycles. The van der Waals surface area contributed by atoms with Crippen LogP contribution in [0.4, 0.5) is 11.5 Å². The van der Waals surface area contributed by atoms with Crippen molar-refractivity contribution >= 4 is 11.5 Å². The molecular formula is C15H23N3O2. The maximum atomic E-state index is 5.91. The van der Waals surface area contributed by atoms with Gasteiger partial charge in [-0.15, -0.1) is 0 Å². The van der Waals surface area contributed by atoms with Crippen LogP contribution < -0.4 is 15.8 Å². The Morgan fingerprint density at radius 3 is 3.00 bits per heavy atom. The molecule has 20 heavy (non-hydrogen) atoms. The number of nitrogens with zero attached hydrogens (tertiary/aromatic N) is 1. The van der Waals surface area contributed by atoms with Crippen molar-refractivity contribution in [1.29, 1.82) is 0 Å². The number of nitrogens with one attached hydrogen (secondary N) is 1. The van der Waals surface area contributed by atoms with Crippen LogP contribution in [0.3, 0.4) is 0 Å². The van der Waals surface area contributed by atoms with Crippen LogP contribution in [-0.2, 0) is 4.74 Å². The molecule has 1 aromatic heterocycles. The van der Waals surface area contributed by atoms with E-state index in [9.17, 15) is 0 Å². The van der Waals surface area contributed by atoms with E-state index in [2.05, 4.69) is 17.2 Å². The van der Waals surface area contributed by atoms with Gasteiger partial charge < -0.3 is 20.5 Å². The fourth-order valence-electron chi connectivity index (χ4n) is 2.45. The Bertz CT molecular complexity index is 456. The Labute approximate surface area is 119 Å². The molecule has 0 bridgehead atoms. The molecule has 5 heteroatoms. The molecule has 2 atom stereocenters. The van der Waals surface area contributed by atoms with Gasteiger partial charge in [0.25, 0.3) is 0 Å². The molecule has 3 N–H and O–H groups in total. The topological polar surface area (TPSA) is 69.4 Å². The van der Waals surface area contributed by atoms with E-state index in [0.717, 1.165) is 31.9 Å². The summed E-state index contributed by atoms with van der Waals surface area (Å²) in [6.07, 6.45) is 5.03. The van der Waals surface area contributed by atoms with Crippen molar-refractivity contribution in [3.8, 4) is 5.88 Å². The summed E-state index contributed by atoms with van der Waals surface area (Å²) in [5, 5.41) is 3.38. The quantitative estimate of drug-likeness (QED) is 0.835. The number of hydrogen-bond acceptors (Lipinski definition) is 5. The summed E-state index contributed by atoms with van der Waals surface area (Å²) in [5.74, 6) is 2.04. The molecule has 2 unspecified atom stereocenters. The van der Waals surface area contributed by atoms with Gasteiger partial charge in [-0.3, -0.25) is 0 Å². The van der Waals surface area contributed by atoms with Gasteiger partial charge in [0.2, 0.25) is 5.88 Å². The van der Waals surface area contributed by atoms with E-state index >= 15 is 0 Å². The van der Waals surface area contributed by atoms with E-state index in [1.807, 2.05) is 12.1 Å². The average molecular weight is 277 g/mol. The van der Waals surface area contributed by atoms with Crippen molar-refractivity contribution in [2.45, 2.75) is 44.8 Å². The lowest BCUT2D eigenvalue weighted by atomic mass is 10.1. The van der Waals surface area contributed by atoms with Gasteiger partial charge in [-0.2, -0.15) is 4.98 Å². The van der Waals surface area contributed by atoms with Gasteiger partial charge in [0.15, 0.2) is 0 Å². The molecule has 0 radical (unpaired) electrons. The van der Waals surface area contributed by atoms with Crippen LogP contribution in [-0.4, -0.2) is 30.3 Å². The zero-order chi connectivity index (χ0) is 13.9. The molecule has 2 fully saturated rings. The predicted molar refractivity (Wildman–Crippen MR) is 78.9 cm³/mol. The zero-order valence-electron chi connectivity index (χ0n) is 12.0. The lowest BCUT2D eigenvalue weighted by Gasteiger charge is -2.21. The standard InChI is InChI=1S/C15H23N3O2/c1-10(13-3-2-8-19-13)17-14-7-6-12(16)15(18-14)20-9-11-4-5-11/h6-7,10-11,13H,2-5,8-9,16H2,1H3,(H,17,18). The summed E-state index contributed by atoms with van der Waals surface area (Å²) in [6, 6.07) is 3.98. The Morgan fingerprint density at radius 1 is 1.45 bits per heavy atom. The van der Waals surface area contributed by atoms with Crippen LogP contribution in [0.15, 0.2) is 12.1 Å². The second-order valence-corrected chi connectivity index (χ2v) is 5.83. The Morgan fingerprint density at radius 2 is 2.30 bits per heavy atom. The van der Waals surface area contributed by atoms with Gasteiger partial charge in [0.05, 0.1) is 24.4 Å². The SMILES string of the molecule is CC(Nc1ccc(N)c(OCC2CC2)n1)C1CCCO1. The molecule has 0 aromatic carbocycles. The van der Waals surface area contributed by atoms with Crippen LogP contribution in [0.25, 0.3) is 0 Å². The first-order chi connectivity index (χ1) is 9.72. The van der Waals surface area contributed by atoms with E-state index in [0.29, 0.717) is 17.5 Å². The highest BCUT2D eigenvalue weighted by atomic mass is 16.5. The number of hydrogen-bond donors (Lipinski definition) is 2. The summed E-state index contributed by atoms with van der Waals surface area (Å²) >= 11 is 0. The van der Waals surface area contributed by atoms with Crippen molar-refractivity contribution in [2.24, 2.45) is 5.92 Å². The minimum absolute atomic E-state index is 0.241. The molecule has 2 aliphatic rings. The highest BCUT2D eigenvalue weighted by Gasteiger charge is 2.24. The number of nitrogens with two attached hydrogens (primary N) is 1. The Hall–Kier alpha value is -1.49. The second-order valence-electron chi connectivity index (χ2n) is 5.83. The number of pyridine rings is 1. The molecule has 1 saturated heterocycles. The number of nitrogen functional groups attached to an aromatic ring is 1.